The molecular weight excluding hydrogens is 200 g/mol. The van der Waals surface area contributed by atoms with Crippen LogP contribution < -0.4 is 11.1 Å². The summed E-state index contributed by atoms with van der Waals surface area (Å²) in [7, 11) is 0. The van der Waals surface area contributed by atoms with Crippen LogP contribution in [0.4, 0.5) is 0 Å². The van der Waals surface area contributed by atoms with Crippen molar-refractivity contribution in [2.24, 2.45) is 16.6 Å². The summed E-state index contributed by atoms with van der Waals surface area (Å²) in [6.07, 6.45) is 8.09. The van der Waals surface area contributed by atoms with E-state index < -0.39 is 0 Å². The average Bonchev–Trinajstić information content (AvgIpc) is 2.73. The molecule has 0 aromatic rings. The summed E-state index contributed by atoms with van der Waals surface area (Å²) in [5, 5.41) is 3.14. The first kappa shape index (κ1) is 11.9. The van der Waals surface area contributed by atoms with Gasteiger partial charge in [-0.05, 0) is 31.1 Å². The van der Waals surface area contributed by atoms with Gasteiger partial charge in [-0.3, -0.25) is 4.79 Å². The highest BCUT2D eigenvalue weighted by atomic mass is 16.2. The maximum Gasteiger partial charge on any atom is 0.227 e. The molecule has 3 N–H and O–H groups in total. The van der Waals surface area contributed by atoms with E-state index in [0.29, 0.717) is 12.0 Å². The lowest BCUT2D eigenvalue weighted by molar-refractivity contribution is -0.131. The fourth-order valence-electron chi connectivity index (χ4n) is 3.01. The molecule has 0 saturated heterocycles. The van der Waals surface area contributed by atoms with Gasteiger partial charge >= 0.3 is 0 Å². The fraction of sp³-hybridized carbons (Fsp3) is 0.923. The Labute approximate surface area is 98.2 Å². The number of amides is 1. The van der Waals surface area contributed by atoms with E-state index >= 15 is 0 Å². The van der Waals surface area contributed by atoms with E-state index in [-0.39, 0.29) is 11.3 Å². The van der Waals surface area contributed by atoms with Crippen molar-refractivity contribution in [2.75, 3.05) is 13.1 Å². The van der Waals surface area contributed by atoms with E-state index in [1.165, 1.54) is 19.3 Å². The van der Waals surface area contributed by atoms with Crippen molar-refractivity contribution in [2.45, 2.75) is 51.9 Å². The van der Waals surface area contributed by atoms with E-state index in [9.17, 15) is 4.79 Å². The van der Waals surface area contributed by atoms with Crippen LogP contribution in [0.1, 0.15) is 51.9 Å². The van der Waals surface area contributed by atoms with Crippen LogP contribution in [-0.2, 0) is 4.79 Å². The minimum atomic E-state index is -0.236. The number of nitrogens with two attached hydrogens (primary N) is 1. The van der Waals surface area contributed by atoms with Gasteiger partial charge in [0.1, 0.15) is 0 Å². The molecule has 0 radical (unpaired) electrons. The number of rotatable bonds is 4. The van der Waals surface area contributed by atoms with Gasteiger partial charge in [0.2, 0.25) is 5.91 Å². The molecule has 0 aliphatic heterocycles. The molecule has 0 unspecified atom stereocenters. The monoisotopic (exact) mass is 224 g/mol. The second-order valence-electron chi connectivity index (χ2n) is 6.04. The average molecular weight is 224 g/mol. The Morgan fingerprint density at radius 1 is 1.19 bits per heavy atom. The molecule has 3 nitrogen and oxygen atoms in total. The van der Waals surface area contributed by atoms with E-state index in [0.717, 1.165) is 32.2 Å². The third-order valence-electron chi connectivity index (χ3n) is 4.67. The van der Waals surface area contributed by atoms with Crippen molar-refractivity contribution < 1.29 is 4.79 Å². The predicted molar refractivity (Wildman–Crippen MR) is 64.9 cm³/mol. The topological polar surface area (TPSA) is 55.1 Å². The highest BCUT2D eigenvalue weighted by molar-refractivity contribution is 5.83. The molecular formula is C13H24N2O. The Morgan fingerprint density at radius 3 is 2.25 bits per heavy atom. The summed E-state index contributed by atoms with van der Waals surface area (Å²) in [5.74, 6) is 0.209. The second-order valence-corrected chi connectivity index (χ2v) is 6.04. The van der Waals surface area contributed by atoms with Crippen LogP contribution in [0, 0.1) is 10.8 Å². The first-order valence-electron chi connectivity index (χ1n) is 6.59. The number of nitrogens with one attached hydrogen (secondary N) is 1. The van der Waals surface area contributed by atoms with Crippen molar-refractivity contribution in [1.82, 2.24) is 5.32 Å². The third kappa shape index (κ3) is 2.10. The number of hydrogen-bond donors (Lipinski definition) is 2. The summed E-state index contributed by atoms with van der Waals surface area (Å²) in [6.45, 7) is 3.61. The molecule has 2 aliphatic rings. The lowest BCUT2D eigenvalue weighted by Crippen LogP contribution is -2.48. The van der Waals surface area contributed by atoms with Crippen LogP contribution in [-0.4, -0.2) is 19.0 Å². The van der Waals surface area contributed by atoms with Crippen molar-refractivity contribution in [1.29, 1.82) is 0 Å². The lowest BCUT2D eigenvalue weighted by atomic mass is 9.70. The Morgan fingerprint density at radius 2 is 1.81 bits per heavy atom. The minimum Gasteiger partial charge on any atom is -0.355 e. The zero-order chi connectivity index (χ0) is 11.6. The molecule has 2 saturated carbocycles. The van der Waals surface area contributed by atoms with Crippen molar-refractivity contribution in [3.63, 3.8) is 0 Å². The normalized spacial score (nSPS) is 26.1. The van der Waals surface area contributed by atoms with E-state index in [4.69, 9.17) is 5.73 Å². The maximum atomic E-state index is 12.2. The molecule has 2 rings (SSSR count). The van der Waals surface area contributed by atoms with E-state index in [2.05, 4.69) is 12.2 Å². The molecule has 3 heteroatoms. The van der Waals surface area contributed by atoms with Crippen molar-refractivity contribution in [3.05, 3.63) is 0 Å². The number of carbonyl (C=O) groups is 1. The van der Waals surface area contributed by atoms with Gasteiger partial charge in [-0.1, -0.05) is 26.2 Å². The summed E-state index contributed by atoms with van der Waals surface area (Å²) in [6, 6.07) is 0. The quantitative estimate of drug-likeness (QED) is 0.765. The summed E-state index contributed by atoms with van der Waals surface area (Å²) in [5.41, 5.74) is 5.92. The van der Waals surface area contributed by atoms with Gasteiger partial charge in [0.15, 0.2) is 0 Å². The standard InChI is InChI=1S/C13H24N2O/c1-12(5-4-6-12)10-15-11(16)13(9-14)7-2-3-8-13/h2-10,14H2,1H3,(H,15,16). The third-order valence-corrected chi connectivity index (χ3v) is 4.67. The van der Waals surface area contributed by atoms with E-state index in [1.807, 2.05) is 0 Å². The molecule has 0 aromatic heterocycles. The highest BCUT2D eigenvalue weighted by Crippen LogP contribution is 2.41. The van der Waals surface area contributed by atoms with Crippen LogP contribution in [0.5, 0.6) is 0 Å². The van der Waals surface area contributed by atoms with Gasteiger partial charge in [-0.15, -0.1) is 0 Å². The molecule has 92 valence electrons. The highest BCUT2D eigenvalue weighted by Gasteiger charge is 2.41. The first-order valence-corrected chi connectivity index (χ1v) is 6.59. The molecule has 1 amide bonds. The van der Waals surface area contributed by atoms with Crippen LogP contribution in [0.15, 0.2) is 0 Å². The largest absolute Gasteiger partial charge is 0.355 e. The van der Waals surface area contributed by atoms with Gasteiger partial charge in [0.25, 0.3) is 0 Å². The Hall–Kier alpha value is -0.570. The van der Waals surface area contributed by atoms with Gasteiger partial charge in [0, 0.05) is 13.1 Å². The van der Waals surface area contributed by atoms with Crippen LogP contribution >= 0.6 is 0 Å². The predicted octanol–water partition coefficient (Wildman–Crippen LogP) is 1.81. The molecule has 2 aliphatic carbocycles. The fourth-order valence-corrected chi connectivity index (χ4v) is 3.01. The van der Waals surface area contributed by atoms with Crippen molar-refractivity contribution >= 4 is 5.91 Å². The molecule has 0 bridgehead atoms. The Balaban J connectivity index is 1.86. The zero-order valence-corrected chi connectivity index (χ0v) is 10.3. The summed E-state index contributed by atoms with van der Waals surface area (Å²) in [4.78, 5) is 12.2. The van der Waals surface area contributed by atoms with Gasteiger partial charge in [-0.2, -0.15) is 0 Å². The van der Waals surface area contributed by atoms with Gasteiger partial charge in [0.05, 0.1) is 5.41 Å². The van der Waals surface area contributed by atoms with Crippen LogP contribution in [0.3, 0.4) is 0 Å². The van der Waals surface area contributed by atoms with E-state index in [1.54, 1.807) is 0 Å². The lowest BCUT2D eigenvalue weighted by Gasteiger charge is -2.39. The zero-order valence-electron chi connectivity index (χ0n) is 10.3. The maximum absolute atomic E-state index is 12.2. The number of carbonyl (C=O) groups excluding carboxylic acids is 1. The smallest absolute Gasteiger partial charge is 0.227 e. The molecule has 0 heterocycles. The second kappa shape index (κ2) is 4.36. The summed E-state index contributed by atoms with van der Waals surface area (Å²) < 4.78 is 0. The molecule has 0 spiro atoms. The van der Waals surface area contributed by atoms with Gasteiger partial charge in [-0.25, -0.2) is 0 Å². The molecule has 0 aromatic carbocycles. The molecule has 16 heavy (non-hydrogen) atoms. The SMILES string of the molecule is CC1(CNC(=O)C2(CN)CCCC2)CCC1. The van der Waals surface area contributed by atoms with Gasteiger partial charge < -0.3 is 11.1 Å². The van der Waals surface area contributed by atoms with Crippen LogP contribution in [0.2, 0.25) is 0 Å². The first-order chi connectivity index (χ1) is 7.60. The minimum absolute atomic E-state index is 0.209. The number of hydrogen-bond acceptors (Lipinski definition) is 2. The van der Waals surface area contributed by atoms with Crippen molar-refractivity contribution in [3.8, 4) is 0 Å². The summed E-state index contributed by atoms with van der Waals surface area (Å²) >= 11 is 0. The Bertz CT molecular complexity index is 265. The molecule has 0 atom stereocenters. The Kier molecular flexibility index (Phi) is 3.24. The molecule has 2 fully saturated rings. The van der Waals surface area contributed by atoms with Crippen LogP contribution in [0.25, 0.3) is 0 Å².